The highest BCUT2D eigenvalue weighted by atomic mass is 32.2. The van der Waals surface area contributed by atoms with Crippen LogP contribution in [0.25, 0.3) is 0 Å². The quantitative estimate of drug-likeness (QED) is 0.644. The lowest BCUT2D eigenvalue weighted by atomic mass is 10.4. The summed E-state index contributed by atoms with van der Waals surface area (Å²) >= 11 is 1.44. The molecular weight excluding hydrogens is 284 g/mol. The van der Waals surface area contributed by atoms with E-state index in [-0.39, 0.29) is 0 Å². The molecule has 0 saturated carbocycles. The monoisotopic (exact) mass is 306 g/mol. The fourth-order valence-electron chi connectivity index (χ4n) is 1.56. The lowest BCUT2D eigenvalue weighted by Crippen LogP contribution is -2.26. The number of rotatable bonds is 10. The molecule has 0 fully saturated rings. The van der Waals surface area contributed by atoms with Crippen LogP contribution in [-0.4, -0.2) is 35.2 Å². The van der Waals surface area contributed by atoms with Crippen LogP contribution in [0.5, 0.6) is 0 Å². The number of hydrogen-bond donors (Lipinski definition) is 2. The first-order valence-corrected chi connectivity index (χ1v) is 8.76. The van der Waals surface area contributed by atoms with Gasteiger partial charge in [-0.25, -0.2) is 13.1 Å². The summed E-state index contributed by atoms with van der Waals surface area (Å²) in [4.78, 5) is 1.21. The Morgan fingerprint density at radius 1 is 1.37 bits per heavy atom. The smallest absolute Gasteiger partial charge is 0.241 e. The summed E-state index contributed by atoms with van der Waals surface area (Å²) in [5.74, 6) is 0. The van der Waals surface area contributed by atoms with E-state index < -0.39 is 10.0 Å². The van der Waals surface area contributed by atoms with Gasteiger partial charge in [0.15, 0.2) is 0 Å². The Bertz CT molecular complexity index is 457. The van der Waals surface area contributed by atoms with E-state index in [1.165, 1.54) is 11.3 Å². The van der Waals surface area contributed by atoms with Crippen molar-refractivity contribution in [1.29, 1.82) is 0 Å². The standard InChI is InChI=1S/C12H22N2O3S2/c1-3-7-17-8-4-6-14-19(15,16)12-5-9-18-11(12)10-13-2/h5,9,13-14H,3-4,6-8,10H2,1-2H3. The molecule has 0 aliphatic heterocycles. The molecule has 0 aliphatic carbocycles. The fourth-order valence-corrected chi connectivity index (χ4v) is 4.09. The van der Waals surface area contributed by atoms with Crippen molar-refractivity contribution in [3.63, 3.8) is 0 Å². The van der Waals surface area contributed by atoms with E-state index in [0.717, 1.165) is 17.9 Å². The summed E-state index contributed by atoms with van der Waals surface area (Å²) in [5, 5.41) is 4.77. The minimum Gasteiger partial charge on any atom is -0.381 e. The molecule has 110 valence electrons. The Hall–Kier alpha value is -0.470. The SMILES string of the molecule is CCCOCCCNS(=O)(=O)c1ccsc1CNC. The molecule has 7 heteroatoms. The van der Waals surface area contributed by atoms with Gasteiger partial charge in [0, 0.05) is 31.2 Å². The van der Waals surface area contributed by atoms with Gasteiger partial charge in [-0.2, -0.15) is 0 Å². The van der Waals surface area contributed by atoms with Gasteiger partial charge in [0.1, 0.15) is 0 Å². The van der Waals surface area contributed by atoms with Crippen LogP contribution in [-0.2, 0) is 21.3 Å². The Balaban J connectivity index is 2.45. The Morgan fingerprint density at radius 3 is 2.84 bits per heavy atom. The number of thiophene rings is 1. The third kappa shape index (κ3) is 5.58. The third-order valence-corrected chi connectivity index (χ3v) is 5.03. The van der Waals surface area contributed by atoms with Gasteiger partial charge < -0.3 is 10.1 Å². The molecule has 0 atom stereocenters. The molecule has 1 rings (SSSR count). The van der Waals surface area contributed by atoms with Crippen LogP contribution in [0.2, 0.25) is 0 Å². The lowest BCUT2D eigenvalue weighted by Gasteiger charge is -2.08. The summed E-state index contributed by atoms with van der Waals surface area (Å²) in [6.45, 7) is 4.32. The molecule has 2 N–H and O–H groups in total. The predicted molar refractivity (Wildman–Crippen MR) is 78.0 cm³/mol. The molecular formula is C12H22N2O3S2. The summed E-state index contributed by atoms with van der Waals surface area (Å²) < 4.78 is 32.1. The molecule has 0 bridgehead atoms. The molecule has 0 aliphatic rings. The Labute approximate surface area is 119 Å². The Kier molecular flexibility index (Phi) is 7.55. The maximum Gasteiger partial charge on any atom is 0.241 e. The fraction of sp³-hybridized carbons (Fsp3) is 0.667. The molecule has 0 radical (unpaired) electrons. The second-order valence-corrected chi connectivity index (χ2v) is 6.84. The summed E-state index contributed by atoms with van der Waals surface area (Å²) in [5.41, 5.74) is 0. The molecule has 1 aromatic heterocycles. The topological polar surface area (TPSA) is 67.4 Å². The van der Waals surface area contributed by atoms with Crippen LogP contribution in [0, 0.1) is 0 Å². The zero-order valence-corrected chi connectivity index (χ0v) is 13.1. The molecule has 0 unspecified atom stereocenters. The van der Waals surface area contributed by atoms with E-state index in [4.69, 9.17) is 4.74 Å². The summed E-state index contributed by atoms with van der Waals surface area (Å²) in [7, 11) is -1.60. The van der Waals surface area contributed by atoms with Crippen molar-refractivity contribution >= 4 is 21.4 Å². The zero-order valence-electron chi connectivity index (χ0n) is 11.4. The van der Waals surface area contributed by atoms with Crippen molar-refractivity contribution in [2.75, 3.05) is 26.8 Å². The van der Waals surface area contributed by atoms with Gasteiger partial charge in [0.25, 0.3) is 0 Å². The Morgan fingerprint density at radius 2 is 2.16 bits per heavy atom. The van der Waals surface area contributed by atoms with Gasteiger partial charge in [-0.05, 0) is 31.3 Å². The van der Waals surface area contributed by atoms with Crippen LogP contribution in [0.15, 0.2) is 16.3 Å². The minimum atomic E-state index is -3.40. The van der Waals surface area contributed by atoms with Gasteiger partial charge in [-0.15, -0.1) is 11.3 Å². The average Bonchev–Trinajstić information content (AvgIpc) is 2.83. The molecule has 1 aromatic rings. The van der Waals surface area contributed by atoms with Crippen molar-refractivity contribution in [3.05, 3.63) is 16.3 Å². The van der Waals surface area contributed by atoms with Crippen LogP contribution < -0.4 is 10.0 Å². The number of ether oxygens (including phenoxy) is 1. The van der Waals surface area contributed by atoms with Gasteiger partial charge in [-0.1, -0.05) is 6.92 Å². The second kappa shape index (κ2) is 8.65. The van der Waals surface area contributed by atoms with Crippen LogP contribution in [0.1, 0.15) is 24.6 Å². The maximum absolute atomic E-state index is 12.1. The van der Waals surface area contributed by atoms with Crippen LogP contribution in [0.3, 0.4) is 0 Å². The maximum atomic E-state index is 12.1. The van der Waals surface area contributed by atoms with Gasteiger partial charge >= 0.3 is 0 Å². The average molecular weight is 306 g/mol. The van der Waals surface area contributed by atoms with Crippen molar-refractivity contribution in [1.82, 2.24) is 10.0 Å². The van der Waals surface area contributed by atoms with E-state index in [2.05, 4.69) is 10.0 Å². The molecule has 0 aromatic carbocycles. The highest BCUT2D eigenvalue weighted by Gasteiger charge is 2.18. The van der Waals surface area contributed by atoms with Crippen LogP contribution >= 0.6 is 11.3 Å². The first-order chi connectivity index (χ1) is 9.11. The molecule has 0 amide bonds. The lowest BCUT2D eigenvalue weighted by molar-refractivity contribution is 0.133. The minimum absolute atomic E-state index is 0.376. The molecule has 0 spiro atoms. The first kappa shape index (κ1) is 16.6. The van der Waals surface area contributed by atoms with E-state index >= 15 is 0 Å². The van der Waals surface area contributed by atoms with E-state index in [1.807, 2.05) is 6.92 Å². The van der Waals surface area contributed by atoms with Crippen molar-refractivity contribution in [2.45, 2.75) is 31.2 Å². The predicted octanol–water partition coefficient (Wildman–Crippen LogP) is 1.56. The van der Waals surface area contributed by atoms with Crippen molar-refractivity contribution in [2.24, 2.45) is 0 Å². The van der Waals surface area contributed by atoms with Crippen molar-refractivity contribution < 1.29 is 13.2 Å². The summed E-state index contributed by atoms with van der Waals surface area (Å²) in [6.07, 6.45) is 1.67. The third-order valence-electron chi connectivity index (χ3n) is 2.44. The van der Waals surface area contributed by atoms with Crippen molar-refractivity contribution in [3.8, 4) is 0 Å². The van der Waals surface area contributed by atoms with Crippen LogP contribution in [0.4, 0.5) is 0 Å². The molecule has 19 heavy (non-hydrogen) atoms. The van der Waals surface area contributed by atoms with Gasteiger partial charge in [0.2, 0.25) is 10.0 Å². The molecule has 5 nitrogen and oxygen atoms in total. The number of nitrogens with one attached hydrogen (secondary N) is 2. The highest BCUT2D eigenvalue weighted by molar-refractivity contribution is 7.89. The number of sulfonamides is 1. The van der Waals surface area contributed by atoms with E-state index in [0.29, 0.717) is 31.0 Å². The van der Waals surface area contributed by atoms with E-state index in [9.17, 15) is 8.42 Å². The summed E-state index contributed by atoms with van der Waals surface area (Å²) in [6, 6.07) is 1.65. The van der Waals surface area contributed by atoms with Gasteiger partial charge in [0.05, 0.1) is 4.90 Å². The number of hydrogen-bond acceptors (Lipinski definition) is 5. The first-order valence-electron chi connectivity index (χ1n) is 6.40. The zero-order chi connectivity index (χ0) is 14.1. The molecule has 0 saturated heterocycles. The normalized spacial score (nSPS) is 11.9. The van der Waals surface area contributed by atoms with E-state index in [1.54, 1.807) is 18.5 Å². The molecule has 1 heterocycles. The highest BCUT2D eigenvalue weighted by Crippen LogP contribution is 2.21. The van der Waals surface area contributed by atoms with Gasteiger partial charge in [-0.3, -0.25) is 0 Å². The largest absolute Gasteiger partial charge is 0.381 e. The second-order valence-electron chi connectivity index (χ2n) is 4.10.